The maximum Gasteiger partial charge on any atom is 0.271 e. The molecule has 9 heteroatoms. The molecule has 1 aromatic heterocycles. The highest BCUT2D eigenvalue weighted by Gasteiger charge is 2.17. The molecule has 1 aliphatic rings. The van der Waals surface area contributed by atoms with Gasteiger partial charge in [0, 0.05) is 25.3 Å². The second kappa shape index (κ2) is 6.75. The van der Waals surface area contributed by atoms with Crippen molar-refractivity contribution in [3.63, 3.8) is 0 Å². The number of fused-ring (bicyclic) bond motifs is 1. The lowest BCUT2D eigenvalue weighted by Crippen LogP contribution is -2.36. The standard InChI is InChI=1S/C15H16N4O5/c20-14(16-7-11-2-1-5-24-11)8-18-9-17-13-6-10(19(22)23)3-4-12(13)15(18)21/h3-4,6,9,11H,1-2,5,7-8H2,(H,16,20)/t11-/m0/s1. The van der Waals surface area contributed by atoms with Gasteiger partial charge in [0.15, 0.2) is 0 Å². The van der Waals surface area contributed by atoms with Gasteiger partial charge in [0.2, 0.25) is 5.91 Å². The van der Waals surface area contributed by atoms with Gasteiger partial charge in [-0.15, -0.1) is 0 Å². The number of ether oxygens (including phenoxy) is 1. The number of carbonyl (C=O) groups excluding carboxylic acids is 1. The lowest BCUT2D eigenvalue weighted by Gasteiger charge is -2.11. The van der Waals surface area contributed by atoms with E-state index in [9.17, 15) is 19.7 Å². The van der Waals surface area contributed by atoms with Crippen LogP contribution in [0.3, 0.4) is 0 Å². The molecule has 1 saturated heterocycles. The summed E-state index contributed by atoms with van der Waals surface area (Å²) in [5.41, 5.74) is -0.325. The molecule has 3 rings (SSSR count). The van der Waals surface area contributed by atoms with Crippen molar-refractivity contribution >= 4 is 22.5 Å². The molecule has 0 bridgehead atoms. The maximum atomic E-state index is 12.4. The predicted octanol–water partition coefficient (Wildman–Crippen LogP) is 0.600. The van der Waals surface area contributed by atoms with Crippen molar-refractivity contribution in [2.75, 3.05) is 13.2 Å². The highest BCUT2D eigenvalue weighted by atomic mass is 16.6. The number of non-ortho nitro benzene ring substituents is 1. The van der Waals surface area contributed by atoms with Gasteiger partial charge in [-0.3, -0.25) is 24.3 Å². The second-order valence-electron chi connectivity index (χ2n) is 5.58. The molecule has 1 aromatic carbocycles. The Labute approximate surface area is 136 Å². The van der Waals surface area contributed by atoms with Gasteiger partial charge in [0.25, 0.3) is 11.2 Å². The first kappa shape index (κ1) is 16.1. The van der Waals surface area contributed by atoms with Crippen LogP contribution in [-0.4, -0.2) is 39.6 Å². The molecule has 1 N–H and O–H groups in total. The fraction of sp³-hybridized carbons (Fsp3) is 0.400. The highest BCUT2D eigenvalue weighted by Crippen LogP contribution is 2.16. The lowest BCUT2D eigenvalue weighted by molar-refractivity contribution is -0.384. The molecule has 0 saturated carbocycles. The number of nitro groups is 1. The molecule has 1 fully saturated rings. The molecule has 9 nitrogen and oxygen atoms in total. The third-order valence-electron chi connectivity index (χ3n) is 3.88. The van der Waals surface area contributed by atoms with Crippen molar-refractivity contribution in [3.05, 3.63) is 45.0 Å². The van der Waals surface area contributed by atoms with Crippen molar-refractivity contribution in [1.82, 2.24) is 14.9 Å². The fourth-order valence-corrected chi connectivity index (χ4v) is 2.62. The lowest BCUT2D eigenvalue weighted by atomic mass is 10.2. The number of nitro benzene ring substituents is 1. The Bertz CT molecular complexity index is 841. The topological polar surface area (TPSA) is 116 Å². The summed E-state index contributed by atoms with van der Waals surface area (Å²) in [7, 11) is 0. The number of amides is 1. The Morgan fingerprint density at radius 3 is 3.04 bits per heavy atom. The molecule has 1 aliphatic heterocycles. The van der Waals surface area contributed by atoms with E-state index < -0.39 is 10.5 Å². The van der Waals surface area contributed by atoms with Gasteiger partial charge in [-0.25, -0.2) is 4.98 Å². The van der Waals surface area contributed by atoms with E-state index in [0.717, 1.165) is 12.8 Å². The van der Waals surface area contributed by atoms with Gasteiger partial charge in [-0.1, -0.05) is 0 Å². The summed E-state index contributed by atoms with van der Waals surface area (Å²) in [4.78, 5) is 38.5. The van der Waals surface area contributed by atoms with Crippen LogP contribution < -0.4 is 10.9 Å². The minimum absolute atomic E-state index is 0.0287. The summed E-state index contributed by atoms with van der Waals surface area (Å²) in [6.07, 6.45) is 3.15. The highest BCUT2D eigenvalue weighted by molar-refractivity contribution is 5.80. The average Bonchev–Trinajstić information content (AvgIpc) is 3.08. The Morgan fingerprint density at radius 1 is 1.50 bits per heavy atom. The van der Waals surface area contributed by atoms with Gasteiger partial charge in [0.1, 0.15) is 6.54 Å². The van der Waals surface area contributed by atoms with E-state index in [1.807, 2.05) is 0 Å². The van der Waals surface area contributed by atoms with Crippen LogP contribution in [0.15, 0.2) is 29.3 Å². The number of hydrogen-bond acceptors (Lipinski definition) is 6. The van der Waals surface area contributed by atoms with Crippen LogP contribution in [0, 0.1) is 10.1 Å². The van der Waals surface area contributed by atoms with Gasteiger partial charge >= 0.3 is 0 Å². The summed E-state index contributed by atoms with van der Waals surface area (Å²) >= 11 is 0. The molecular weight excluding hydrogens is 316 g/mol. The largest absolute Gasteiger partial charge is 0.376 e. The first-order chi connectivity index (χ1) is 11.5. The number of rotatable bonds is 5. The number of carbonyl (C=O) groups is 1. The molecule has 0 radical (unpaired) electrons. The zero-order valence-corrected chi connectivity index (χ0v) is 12.8. The van der Waals surface area contributed by atoms with Crippen LogP contribution in [0.25, 0.3) is 10.9 Å². The van der Waals surface area contributed by atoms with E-state index in [2.05, 4.69) is 10.3 Å². The van der Waals surface area contributed by atoms with Crippen molar-refractivity contribution in [1.29, 1.82) is 0 Å². The van der Waals surface area contributed by atoms with E-state index in [1.54, 1.807) is 0 Å². The molecule has 2 aromatic rings. The molecule has 1 atom stereocenters. The summed E-state index contributed by atoms with van der Waals surface area (Å²) < 4.78 is 6.59. The number of nitrogens with one attached hydrogen (secondary N) is 1. The SMILES string of the molecule is O=C(Cn1cnc2cc([N+](=O)[O-])ccc2c1=O)NC[C@@H]1CCCO1. The van der Waals surface area contributed by atoms with Gasteiger partial charge in [-0.05, 0) is 18.9 Å². The predicted molar refractivity (Wildman–Crippen MR) is 84.6 cm³/mol. The van der Waals surface area contributed by atoms with E-state index in [1.165, 1.54) is 29.1 Å². The Morgan fingerprint density at radius 2 is 2.33 bits per heavy atom. The Kier molecular flexibility index (Phi) is 4.52. The zero-order chi connectivity index (χ0) is 17.1. The van der Waals surface area contributed by atoms with Crippen LogP contribution in [0.5, 0.6) is 0 Å². The molecule has 24 heavy (non-hydrogen) atoms. The molecule has 0 spiro atoms. The number of aromatic nitrogens is 2. The monoisotopic (exact) mass is 332 g/mol. The Balaban J connectivity index is 1.73. The van der Waals surface area contributed by atoms with Crippen LogP contribution in [0.1, 0.15) is 12.8 Å². The number of benzene rings is 1. The molecule has 0 aliphatic carbocycles. The van der Waals surface area contributed by atoms with Crippen molar-refractivity contribution in [2.45, 2.75) is 25.5 Å². The average molecular weight is 332 g/mol. The van der Waals surface area contributed by atoms with Crippen molar-refractivity contribution in [2.24, 2.45) is 0 Å². The minimum Gasteiger partial charge on any atom is -0.376 e. The summed E-state index contributed by atoms with van der Waals surface area (Å²) in [6, 6.07) is 3.83. The second-order valence-corrected chi connectivity index (χ2v) is 5.58. The summed E-state index contributed by atoms with van der Waals surface area (Å²) in [5, 5.41) is 13.7. The molecule has 0 unspecified atom stereocenters. The van der Waals surface area contributed by atoms with Gasteiger partial charge in [-0.2, -0.15) is 0 Å². The third kappa shape index (κ3) is 3.40. The van der Waals surface area contributed by atoms with Crippen molar-refractivity contribution < 1.29 is 14.5 Å². The van der Waals surface area contributed by atoms with E-state index in [-0.39, 0.29) is 35.1 Å². The van der Waals surface area contributed by atoms with Crippen LogP contribution in [0.4, 0.5) is 5.69 Å². The molecule has 126 valence electrons. The fourth-order valence-electron chi connectivity index (χ4n) is 2.62. The van der Waals surface area contributed by atoms with Crippen molar-refractivity contribution in [3.8, 4) is 0 Å². The van der Waals surface area contributed by atoms with Gasteiger partial charge < -0.3 is 10.1 Å². The van der Waals surface area contributed by atoms with E-state index in [0.29, 0.717) is 13.2 Å². The number of hydrogen-bond donors (Lipinski definition) is 1. The Hall–Kier alpha value is -2.81. The molecule has 1 amide bonds. The smallest absolute Gasteiger partial charge is 0.271 e. The van der Waals surface area contributed by atoms with Crippen LogP contribution in [-0.2, 0) is 16.1 Å². The normalized spacial score (nSPS) is 17.1. The van der Waals surface area contributed by atoms with Crippen LogP contribution in [0.2, 0.25) is 0 Å². The summed E-state index contributed by atoms with van der Waals surface area (Å²) in [5.74, 6) is -0.310. The van der Waals surface area contributed by atoms with Gasteiger partial charge in [0.05, 0.1) is 28.3 Å². The van der Waals surface area contributed by atoms with E-state index in [4.69, 9.17) is 4.74 Å². The number of nitrogens with zero attached hydrogens (tertiary/aromatic N) is 3. The zero-order valence-electron chi connectivity index (χ0n) is 12.8. The first-order valence-electron chi connectivity index (χ1n) is 7.56. The quantitative estimate of drug-likeness (QED) is 0.633. The maximum absolute atomic E-state index is 12.4. The molecule has 2 heterocycles. The molecular formula is C15H16N4O5. The first-order valence-corrected chi connectivity index (χ1v) is 7.56. The van der Waals surface area contributed by atoms with E-state index >= 15 is 0 Å². The summed E-state index contributed by atoms with van der Waals surface area (Å²) in [6.45, 7) is 0.965. The minimum atomic E-state index is -0.550. The third-order valence-corrected chi connectivity index (χ3v) is 3.88. The van der Waals surface area contributed by atoms with Crippen LogP contribution >= 0.6 is 0 Å².